The fourth-order valence-electron chi connectivity index (χ4n) is 2.86. The van der Waals surface area contributed by atoms with Crippen LogP contribution in [-0.2, 0) is 10.3 Å². The molecule has 0 spiro atoms. The van der Waals surface area contributed by atoms with Gasteiger partial charge in [-0.15, -0.1) is 0 Å². The van der Waals surface area contributed by atoms with E-state index in [1.54, 1.807) is 7.11 Å². The van der Waals surface area contributed by atoms with Crippen molar-refractivity contribution in [1.82, 2.24) is 9.97 Å². The normalized spacial score (nSPS) is 16.3. The summed E-state index contributed by atoms with van der Waals surface area (Å²) in [6, 6.07) is 10.2. The zero-order chi connectivity index (χ0) is 14.9. The van der Waals surface area contributed by atoms with Crippen molar-refractivity contribution in [2.75, 3.05) is 19.5 Å². The fourth-order valence-corrected chi connectivity index (χ4v) is 2.86. The van der Waals surface area contributed by atoms with Gasteiger partial charge in [0.25, 0.3) is 0 Å². The molecule has 1 aromatic carbocycles. The van der Waals surface area contributed by atoms with Gasteiger partial charge in [0, 0.05) is 25.3 Å². The molecular formula is C17H21N3O. The third kappa shape index (κ3) is 2.29. The smallest absolute Gasteiger partial charge is 0.163 e. The molecule has 0 saturated heterocycles. The zero-order valence-electron chi connectivity index (χ0n) is 12.8. The molecule has 2 aromatic rings. The van der Waals surface area contributed by atoms with Crippen LogP contribution in [0.25, 0.3) is 11.3 Å². The van der Waals surface area contributed by atoms with Gasteiger partial charge in [0.2, 0.25) is 0 Å². The topological polar surface area (TPSA) is 47.0 Å². The summed E-state index contributed by atoms with van der Waals surface area (Å²) in [4.78, 5) is 9.53. The van der Waals surface area contributed by atoms with E-state index >= 15 is 0 Å². The van der Waals surface area contributed by atoms with E-state index in [9.17, 15) is 0 Å². The summed E-state index contributed by atoms with van der Waals surface area (Å²) in [6.45, 7) is 2.05. The molecular weight excluding hydrogens is 262 g/mol. The number of anilines is 1. The molecule has 3 rings (SSSR count). The summed E-state index contributed by atoms with van der Waals surface area (Å²) in [7, 11) is 3.65. The van der Waals surface area contributed by atoms with Crippen molar-refractivity contribution in [3.63, 3.8) is 0 Å². The van der Waals surface area contributed by atoms with Gasteiger partial charge < -0.3 is 10.1 Å². The van der Waals surface area contributed by atoms with E-state index in [0.717, 1.165) is 41.3 Å². The van der Waals surface area contributed by atoms with E-state index in [-0.39, 0.29) is 5.60 Å². The Hall–Kier alpha value is -1.94. The molecule has 1 saturated carbocycles. The predicted octanol–water partition coefficient (Wildman–Crippen LogP) is 3.52. The molecule has 110 valence electrons. The van der Waals surface area contributed by atoms with Crippen molar-refractivity contribution in [3.8, 4) is 11.3 Å². The van der Waals surface area contributed by atoms with Crippen LogP contribution in [0.3, 0.4) is 0 Å². The minimum Gasteiger partial charge on any atom is -0.373 e. The third-order valence-corrected chi connectivity index (χ3v) is 4.39. The number of ether oxygens (including phenoxy) is 1. The number of nitrogens with zero attached hydrogens (tertiary/aromatic N) is 2. The first-order valence-corrected chi connectivity index (χ1v) is 7.37. The second-order valence-electron chi connectivity index (χ2n) is 5.54. The minimum absolute atomic E-state index is 0.303. The number of rotatable bonds is 4. The molecule has 1 aliphatic carbocycles. The van der Waals surface area contributed by atoms with Gasteiger partial charge in [-0.05, 0) is 26.2 Å². The molecule has 1 N–H and O–H groups in total. The molecule has 0 amide bonds. The van der Waals surface area contributed by atoms with E-state index in [1.165, 1.54) is 6.42 Å². The number of methoxy groups -OCH3 is 1. The molecule has 1 heterocycles. The molecule has 0 radical (unpaired) electrons. The van der Waals surface area contributed by atoms with Crippen molar-refractivity contribution in [1.29, 1.82) is 0 Å². The Balaban J connectivity index is 2.16. The molecule has 0 unspecified atom stereocenters. The molecule has 4 nitrogen and oxygen atoms in total. The lowest BCUT2D eigenvalue weighted by atomic mass is 9.79. The summed E-state index contributed by atoms with van der Waals surface area (Å²) in [5.41, 5.74) is 2.86. The van der Waals surface area contributed by atoms with Gasteiger partial charge in [0.05, 0.1) is 5.69 Å². The maximum absolute atomic E-state index is 5.74. The maximum Gasteiger partial charge on any atom is 0.163 e. The Morgan fingerprint density at radius 3 is 2.38 bits per heavy atom. The lowest BCUT2D eigenvalue weighted by Gasteiger charge is -2.39. The van der Waals surface area contributed by atoms with Crippen molar-refractivity contribution in [3.05, 3.63) is 41.7 Å². The summed E-state index contributed by atoms with van der Waals surface area (Å²) < 4.78 is 5.74. The van der Waals surface area contributed by atoms with Crippen LogP contribution in [0.1, 0.15) is 30.7 Å². The van der Waals surface area contributed by atoms with Crippen LogP contribution in [0.4, 0.5) is 5.82 Å². The molecule has 21 heavy (non-hydrogen) atoms. The van der Waals surface area contributed by atoms with Crippen LogP contribution in [0.15, 0.2) is 30.3 Å². The van der Waals surface area contributed by atoms with Crippen molar-refractivity contribution < 1.29 is 4.74 Å². The molecule has 0 bridgehead atoms. The van der Waals surface area contributed by atoms with Crippen LogP contribution in [0.5, 0.6) is 0 Å². The average Bonchev–Trinajstić information content (AvgIpc) is 2.49. The number of hydrogen-bond acceptors (Lipinski definition) is 4. The Labute approximate surface area is 125 Å². The predicted molar refractivity (Wildman–Crippen MR) is 84.3 cm³/mol. The van der Waals surface area contributed by atoms with Gasteiger partial charge in [-0.3, -0.25) is 0 Å². The highest BCUT2D eigenvalue weighted by Crippen LogP contribution is 2.43. The highest BCUT2D eigenvalue weighted by Gasteiger charge is 2.42. The second-order valence-corrected chi connectivity index (χ2v) is 5.54. The van der Waals surface area contributed by atoms with Crippen molar-refractivity contribution >= 4 is 5.82 Å². The molecule has 4 heteroatoms. The van der Waals surface area contributed by atoms with Gasteiger partial charge in [-0.2, -0.15) is 0 Å². The fraction of sp³-hybridized carbons (Fsp3) is 0.412. The monoisotopic (exact) mass is 283 g/mol. The van der Waals surface area contributed by atoms with Gasteiger partial charge in [-0.25, -0.2) is 9.97 Å². The summed E-state index contributed by atoms with van der Waals surface area (Å²) in [6.07, 6.45) is 3.15. The number of benzene rings is 1. The number of aromatic nitrogens is 2. The van der Waals surface area contributed by atoms with Gasteiger partial charge in [0.1, 0.15) is 11.4 Å². The van der Waals surface area contributed by atoms with Crippen LogP contribution >= 0.6 is 0 Å². The number of nitrogens with one attached hydrogen (secondary N) is 1. The van der Waals surface area contributed by atoms with Gasteiger partial charge in [0.15, 0.2) is 5.82 Å². The molecule has 0 aliphatic heterocycles. The largest absolute Gasteiger partial charge is 0.373 e. The number of hydrogen-bond donors (Lipinski definition) is 1. The Kier molecular flexibility index (Phi) is 3.64. The van der Waals surface area contributed by atoms with Gasteiger partial charge >= 0.3 is 0 Å². The first kappa shape index (κ1) is 14.0. The summed E-state index contributed by atoms with van der Waals surface area (Å²) in [5, 5.41) is 3.18. The van der Waals surface area contributed by atoms with Gasteiger partial charge in [-0.1, -0.05) is 30.3 Å². The SMILES string of the molecule is CNc1nc(C2(OC)CCC2)nc(-c2ccccc2)c1C. The first-order chi connectivity index (χ1) is 10.2. The van der Waals surface area contributed by atoms with E-state index < -0.39 is 0 Å². The van der Waals surface area contributed by atoms with Crippen LogP contribution < -0.4 is 5.32 Å². The Morgan fingerprint density at radius 1 is 1.14 bits per heavy atom. The Bertz CT molecular complexity index is 630. The summed E-state index contributed by atoms with van der Waals surface area (Å²) in [5.74, 6) is 1.67. The molecule has 0 atom stereocenters. The lowest BCUT2D eigenvalue weighted by molar-refractivity contribution is -0.0844. The third-order valence-electron chi connectivity index (χ3n) is 4.39. The quantitative estimate of drug-likeness (QED) is 0.932. The zero-order valence-corrected chi connectivity index (χ0v) is 12.8. The first-order valence-electron chi connectivity index (χ1n) is 7.37. The van der Waals surface area contributed by atoms with E-state index in [4.69, 9.17) is 14.7 Å². The van der Waals surface area contributed by atoms with E-state index in [1.807, 2.05) is 25.2 Å². The highest BCUT2D eigenvalue weighted by atomic mass is 16.5. The second kappa shape index (κ2) is 5.45. The average molecular weight is 283 g/mol. The van der Waals surface area contributed by atoms with E-state index in [2.05, 4.69) is 24.4 Å². The Morgan fingerprint density at radius 2 is 1.86 bits per heavy atom. The minimum atomic E-state index is -0.303. The molecule has 1 fully saturated rings. The standard InChI is InChI=1S/C17H21N3O/c1-12-14(13-8-5-4-6-9-13)19-16(20-15(12)18-2)17(21-3)10-7-11-17/h4-6,8-9H,7,10-11H2,1-3H3,(H,18,19,20). The summed E-state index contributed by atoms with van der Waals surface area (Å²) >= 11 is 0. The maximum atomic E-state index is 5.74. The van der Waals surface area contributed by atoms with E-state index in [0.29, 0.717) is 0 Å². The van der Waals surface area contributed by atoms with Crippen LogP contribution in [0, 0.1) is 6.92 Å². The van der Waals surface area contributed by atoms with Crippen LogP contribution in [-0.4, -0.2) is 24.1 Å². The lowest BCUT2D eigenvalue weighted by Crippen LogP contribution is -2.38. The molecule has 1 aromatic heterocycles. The highest BCUT2D eigenvalue weighted by molar-refractivity contribution is 5.68. The van der Waals surface area contributed by atoms with Crippen molar-refractivity contribution in [2.45, 2.75) is 31.8 Å². The molecule has 1 aliphatic rings. The van der Waals surface area contributed by atoms with Crippen molar-refractivity contribution in [2.24, 2.45) is 0 Å². The van der Waals surface area contributed by atoms with Crippen LogP contribution in [0.2, 0.25) is 0 Å².